The van der Waals surface area contributed by atoms with Crippen molar-refractivity contribution >= 4 is 11.9 Å². The van der Waals surface area contributed by atoms with Gasteiger partial charge in [0, 0.05) is 24.3 Å². The summed E-state index contributed by atoms with van der Waals surface area (Å²) in [5.74, 6) is 0.459. The molecule has 0 bridgehead atoms. The van der Waals surface area contributed by atoms with E-state index in [2.05, 4.69) is 18.9 Å². The van der Waals surface area contributed by atoms with Gasteiger partial charge in [-0.1, -0.05) is 32.0 Å². The number of para-hydroxylation sites is 1. The lowest BCUT2D eigenvalue weighted by molar-refractivity contribution is -0.152. The van der Waals surface area contributed by atoms with Crippen molar-refractivity contribution in [1.82, 2.24) is 14.7 Å². The van der Waals surface area contributed by atoms with Crippen LogP contribution in [0.3, 0.4) is 0 Å². The van der Waals surface area contributed by atoms with Crippen LogP contribution in [0, 0.1) is 25.7 Å². The lowest BCUT2D eigenvalue weighted by Crippen LogP contribution is -2.44. The molecule has 1 saturated heterocycles. The summed E-state index contributed by atoms with van der Waals surface area (Å²) >= 11 is 0. The van der Waals surface area contributed by atoms with E-state index in [9.17, 15) is 9.59 Å². The number of nitrogens with zero attached hydrogens (tertiary/aromatic N) is 3. The van der Waals surface area contributed by atoms with Crippen LogP contribution in [0.4, 0.5) is 0 Å². The predicted octanol–water partition coefficient (Wildman–Crippen LogP) is 3.08. The van der Waals surface area contributed by atoms with Crippen molar-refractivity contribution in [2.24, 2.45) is 11.8 Å². The smallest absolute Gasteiger partial charge is 0.310 e. The van der Waals surface area contributed by atoms with Crippen LogP contribution in [0.2, 0.25) is 0 Å². The van der Waals surface area contributed by atoms with Gasteiger partial charge in [0.2, 0.25) is 0 Å². The van der Waals surface area contributed by atoms with Crippen molar-refractivity contribution in [1.29, 1.82) is 0 Å². The second-order valence-corrected chi connectivity index (χ2v) is 7.98. The molecule has 1 aliphatic rings. The average Bonchev–Trinajstić information content (AvgIpc) is 2.94. The van der Waals surface area contributed by atoms with E-state index in [1.807, 2.05) is 53.8 Å². The van der Waals surface area contributed by atoms with Crippen LogP contribution < -0.4 is 0 Å². The molecule has 2 aromatic rings. The van der Waals surface area contributed by atoms with E-state index < -0.39 is 5.97 Å². The fraction of sp³-hybridized carbons (Fsp3) is 0.500. The summed E-state index contributed by atoms with van der Waals surface area (Å²) in [6.07, 6.45) is 1.25. The minimum atomic E-state index is -0.398. The third-order valence-corrected chi connectivity index (χ3v) is 5.34. The molecule has 0 spiro atoms. The Hall–Kier alpha value is -2.63. The van der Waals surface area contributed by atoms with Crippen LogP contribution >= 0.6 is 0 Å². The Morgan fingerprint density at radius 2 is 1.75 bits per heavy atom. The molecule has 1 fully saturated rings. The minimum Gasteiger partial charge on any atom is -0.455 e. The first-order valence-corrected chi connectivity index (χ1v) is 9.89. The van der Waals surface area contributed by atoms with Gasteiger partial charge in [-0.05, 0) is 44.2 Å². The highest BCUT2D eigenvalue weighted by Gasteiger charge is 2.26. The number of hydrogen-bond donors (Lipinski definition) is 0. The second-order valence-electron chi connectivity index (χ2n) is 7.98. The molecule has 1 aromatic carbocycles. The Morgan fingerprint density at radius 1 is 1.11 bits per heavy atom. The number of likely N-dealkylation sites (tertiary alicyclic amines) is 1. The van der Waals surface area contributed by atoms with Gasteiger partial charge >= 0.3 is 5.97 Å². The number of piperidine rings is 1. The van der Waals surface area contributed by atoms with Crippen molar-refractivity contribution in [3.8, 4) is 5.69 Å². The minimum absolute atomic E-state index is 0.111. The van der Waals surface area contributed by atoms with Gasteiger partial charge in [-0.2, -0.15) is 5.10 Å². The molecule has 28 heavy (non-hydrogen) atoms. The summed E-state index contributed by atoms with van der Waals surface area (Å²) in [6, 6.07) is 9.80. The molecule has 2 heterocycles. The van der Waals surface area contributed by atoms with Gasteiger partial charge < -0.3 is 9.64 Å². The zero-order chi connectivity index (χ0) is 20.3. The first-order chi connectivity index (χ1) is 13.3. The first kappa shape index (κ1) is 20.1. The van der Waals surface area contributed by atoms with Crippen molar-refractivity contribution in [3.63, 3.8) is 0 Å². The summed E-state index contributed by atoms with van der Waals surface area (Å²) in [5.41, 5.74) is 3.50. The maximum absolute atomic E-state index is 12.4. The highest BCUT2D eigenvalue weighted by atomic mass is 16.5. The summed E-state index contributed by atoms with van der Waals surface area (Å²) in [4.78, 5) is 26.6. The van der Waals surface area contributed by atoms with E-state index in [0.717, 1.165) is 42.1 Å². The first-order valence-electron chi connectivity index (χ1n) is 9.89. The normalized spacial score (nSPS) is 19.5. The molecule has 0 radical (unpaired) electrons. The van der Waals surface area contributed by atoms with Gasteiger partial charge in [-0.15, -0.1) is 0 Å². The number of amides is 1. The number of benzene rings is 1. The quantitative estimate of drug-likeness (QED) is 0.745. The van der Waals surface area contributed by atoms with Crippen LogP contribution in [-0.2, 0) is 20.7 Å². The standard InChI is InChI=1S/C22H29N3O3/c1-15-10-16(2)13-24(12-15)21(26)14-28-22(27)11-20-17(3)23-25(18(20)4)19-8-6-5-7-9-19/h5-9,15-16H,10-14H2,1-4H3/t15-,16+. The molecule has 1 amide bonds. The Morgan fingerprint density at radius 3 is 2.39 bits per heavy atom. The molecule has 1 aliphatic heterocycles. The fourth-order valence-electron chi connectivity index (χ4n) is 4.05. The summed E-state index contributed by atoms with van der Waals surface area (Å²) in [6.45, 7) is 9.42. The Balaban J connectivity index is 1.59. The van der Waals surface area contributed by atoms with Gasteiger partial charge in [0.15, 0.2) is 6.61 Å². The maximum Gasteiger partial charge on any atom is 0.310 e. The number of carbonyl (C=O) groups excluding carboxylic acids is 2. The molecule has 0 N–H and O–H groups in total. The molecular formula is C22H29N3O3. The van der Waals surface area contributed by atoms with Crippen molar-refractivity contribution in [2.45, 2.75) is 40.5 Å². The predicted molar refractivity (Wildman–Crippen MR) is 107 cm³/mol. The zero-order valence-corrected chi connectivity index (χ0v) is 17.1. The molecule has 0 saturated carbocycles. The number of ether oxygens (including phenoxy) is 1. The summed E-state index contributed by atoms with van der Waals surface area (Å²) < 4.78 is 7.12. The highest BCUT2D eigenvalue weighted by Crippen LogP contribution is 2.21. The van der Waals surface area contributed by atoms with Crippen LogP contribution in [0.25, 0.3) is 5.69 Å². The maximum atomic E-state index is 12.4. The molecular weight excluding hydrogens is 354 g/mol. The van der Waals surface area contributed by atoms with Crippen molar-refractivity contribution in [2.75, 3.05) is 19.7 Å². The van der Waals surface area contributed by atoms with Gasteiger partial charge in [-0.25, -0.2) is 4.68 Å². The molecule has 3 rings (SSSR count). The fourth-order valence-corrected chi connectivity index (χ4v) is 4.05. The average molecular weight is 383 g/mol. The topological polar surface area (TPSA) is 64.4 Å². The van der Waals surface area contributed by atoms with E-state index in [1.165, 1.54) is 0 Å². The third kappa shape index (κ3) is 4.61. The molecule has 6 nitrogen and oxygen atoms in total. The zero-order valence-electron chi connectivity index (χ0n) is 17.1. The van der Waals surface area contributed by atoms with Crippen LogP contribution in [0.5, 0.6) is 0 Å². The number of aromatic nitrogens is 2. The Bertz CT molecular complexity index is 834. The summed E-state index contributed by atoms with van der Waals surface area (Å²) in [7, 11) is 0. The Kier molecular flexibility index (Phi) is 6.17. The third-order valence-electron chi connectivity index (χ3n) is 5.34. The Labute approximate surface area is 166 Å². The van der Waals surface area contributed by atoms with E-state index in [0.29, 0.717) is 11.8 Å². The lowest BCUT2D eigenvalue weighted by atomic mass is 9.92. The van der Waals surface area contributed by atoms with Gasteiger partial charge in [0.05, 0.1) is 17.8 Å². The summed E-state index contributed by atoms with van der Waals surface area (Å²) in [5, 5.41) is 4.55. The largest absolute Gasteiger partial charge is 0.455 e. The number of aryl methyl sites for hydroxylation is 1. The van der Waals surface area contributed by atoms with E-state index in [4.69, 9.17) is 4.74 Å². The van der Waals surface area contributed by atoms with Crippen molar-refractivity contribution < 1.29 is 14.3 Å². The lowest BCUT2D eigenvalue weighted by Gasteiger charge is -2.34. The molecule has 2 atom stereocenters. The van der Waals surface area contributed by atoms with Crippen LogP contribution in [0.1, 0.15) is 37.2 Å². The van der Waals surface area contributed by atoms with Crippen molar-refractivity contribution in [3.05, 3.63) is 47.3 Å². The SMILES string of the molecule is Cc1nn(-c2ccccc2)c(C)c1CC(=O)OCC(=O)N1C[C@H](C)C[C@H](C)C1. The molecule has 150 valence electrons. The molecule has 6 heteroatoms. The van der Waals surface area contributed by atoms with E-state index in [-0.39, 0.29) is 18.9 Å². The van der Waals surface area contributed by atoms with Crippen LogP contribution in [-0.4, -0.2) is 46.3 Å². The molecule has 1 aromatic heterocycles. The van der Waals surface area contributed by atoms with Gasteiger partial charge in [-0.3, -0.25) is 9.59 Å². The number of esters is 1. The molecule has 0 aliphatic carbocycles. The van der Waals surface area contributed by atoms with E-state index >= 15 is 0 Å². The van der Waals surface area contributed by atoms with Gasteiger partial charge in [0.1, 0.15) is 0 Å². The number of carbonyl (C=O) groups is 2. The number of rotatable bonds is 5. The van der Waals surface area contributed by atoms with Gasteiger partial charge in [0.25, 0.3) is 5.91 Å². The van der Waals surface area contributed by atoms with Crippen LogP contribution in [0.15, 0.2) is 30.3 Å². The number of hydrogen-bond acceptors (Lipinski definition) is 4. The highest BCUT2D eigenvalue weighted by molar-refractivity contribution is 5.81. The second kappa shape index (κ2) is 8.59. The molecule has 0 unspecified atom stereocenters. The monoisotopic (exact) mass is 383 g/mol. The van der Waals surface area contributed by atoms with E-state index in [1.54, 1.807) is 0 Å².